The minimum Gasteiger partial charge on any atom is -0.378 e. The summed E-state index contributed by atoms with van der Waals surface area (Å²) in [6.07, 6.45) is 4.04. The van der Waals surface area contributed by atoms with Crippen molar-refractivity contribution in [3.05, 3.63) is 30.1 Å². The van der Waals surface area contributed by atoms with E-state index in [2.05, 4.69) is 4.98 Å². The maximum Gasteiger partial charge on any atom is 0.156 e. The molecule has 0 aliphatic heterocycles. The first-order valence-electron chi connectivity index (χ1n) is 3.82. The zero-order valence-electron chi connectivity index (χ0n) is 6.90. The molecule has 64 valence electrons. The molecule has 1 heterocycles. The van der Waals surface area contributed by atoms with Gasteiger partial charge < -0.3 is 5.11 Å². The van der Waals surface area contributed by atoms with E-state index in [0.717, 1.165) is 0 Å². The number of rotatable bonds is 3. The van der Waals surface area contributed by atoms with Crippen LogP contribution in [-0.2, 0) is 10.4 Å². The second kappa shape index (κ2) is 3.45. The van der Waals surface area contributed by atoms with Gasteiger partial charge >= 0.3 is 0 Å². The van der Waals surface area contributed by atoms with Gasteiger partial charge in [0.2, 0.25) is 0 Å². The molecule has 3 heteroatoms. The third-order valence-corrected chi connectivity index (χ3v) is 1.91. The van der Waals surface area contributed by atoms with E-state index in [1.807, 2.05) is 0 Å². The molecule has 0 fully saturated rings. The van der Waals surface area contributed by atoms with Gasteiger partial charge in [0.1, 0.15) is 5.60 Å². The number of carbonyl (C=O) groups is 1. The Labute approximate surface area is 71.1 Å². The number of aromatic nitrogens is 1. The predicted octanol–water partition coefficient (Wildman–Crippen LogP) is 0.878. The molecule has 1 N–H and O–H groups in total. The van der Waals surface area contributed by atoms with Gasteiger partial charge in [0.25, 0.3) is 0 Å². The lowest BCUT2D eigenvalue weighted by Gasteiger charge is -2.19. The van der Waals surface area contributed by atoms with Crippen LogP contribution in [0.2, 0.25) is 0 Å². The molecule has 0 saturated heterocycles. The molecule has 1 atom stereocenters. The molecule has 1 aromatic heterocycles. The molecule has 12 heavy (non-hydrogen) atoms. The largest absolute Gasteiger partial charge is 0.378 e. The van der Waals surface area contributed by atoms with Crippen LogP contribution in [0.15, 0.2) is 24.5 Å². The van der Waals surface area contributed by atoms with E-state index in [1.54, 1.807) is 31.5 Å². The minimum absolute atomic E-state index is 0.376. The topological polar surface area (TPSA) is 50.2 Å². The van der Waals surface area contributed by atoms with Gasteiger partial charge in [-0.1, -0.05) is 6.92 Å². The molecule has 0 saturated carbocycles. The van der Waals surface area contributed by atoms with Crippen molar-refractivity contribution < 1.29 is 9.90 Å². The van der Waals surface area contributed by atoms with E-state index in [-0.39, 0.29) is 0 Å². The second-order valence-corrected chi connectivity index (χ2v) is 2.63. The van der Waals surface area contributed by atoms with Gasteiger partial charge in [-0.05, 0) is 24.1 Å². The summed E-state index contributed by atoms with van der Waals surface area (Å²) in [5, 5.41) is 9.70. The Morgan fingerprint density at radius 3 is 2.58 bits per heavy atom. The first kappa shape index (κ1) is 8.87. The molecule has 3 nitrogen and oxygen atoms in total. The lowest BCUT2D eigenvalue weighted by molar-refractivity contribution is -0.125. The summed E-state index contributed by atoms with van der Waals surface area (Å²) in [5.41, 5.74) is -0.752. The highest BCUT2D eigenvalue weighted by atomic mass is 16.3. The molecule has 0 bridgehead atoms. The molecule has 0 aliphatic carbocycles. The number of hydrogen-bond acceptors (Lipinski definition) is 3. The highest BCUT2D eigenvalue weighted by Crippen LogP contribution is 2.20. The van der Waals surface area contributed by atoms with Gasteiger partial charge in [-0.15, -0.1) is 0 Å². The lowest BCUT2D eigenvalue weighted by Crippen LogP contribution is -2.26. The summed E-state index contributed by atoms with van der Waals surface area (Å²) in [4.78, 5) is 14.4. The molecule has 0 aliphatic rings. The van der Waals surface area contributed by atoms with Crippen molar-refractivity contribution in [2.24, 2.45) is 0 Å². The number of hydrogen-bond donors (Lipinski definition) is 1. The fourth-order valence-electron chi connectivity index (χ4n) is 0.996. The summed E-state index contributed by atoms with van der Waals surface area (Å²) in [7, 11) is 0. The number of nitrogens with zero attached hydrogens (tertiary/aromatic N) is 1. The smallest absolute Gasteiger partial charge is 0.156 e. The average Bonchev–Trinajstić information content (AvgIpc) is 2.18. The Bertz CT molecular complexity index is 260. The van der Waals surface area contributed by atoms with Crippen LogP contribution in [0.5, 0.6) is 0 Å². The van der Waals surface area contributed by atoms with Crippen molar-refractivity contribution in [1.82, 2.24) is 4.98 Å². The highest BCUT2D eigenvalue weighted by molar-refractivity contribution is 5.65. The maximum absolute atomic E-state index is 10.6. The van der Waals surface area contributed by atoms with Crippen LogP contribution in [0.3, 0.4) is 0 Å². The molecule has 0 spiro atoms. The maximum atomic E-state index is 10.6. The Hall–Kier alpha value is -1.22. The Morgan fingerprint density at radius 1 is 1.58 bits per heavy atom. The van der Waals surface area contributed by atoms with Crippen LogP contribution in [0.25, 0.3) is 0 Å². The zero-order valence-corrected chi connectivity index (χ0v) is 6.90. The third-order valence-electron chi connectivity index (χ3n) is 1.91. The lowest BCUT2D eigenvalue weighted by atomic mass is 9.94. The van der Waals surface area contributed by atoms with Crippen LogP contribution >= 0.6 is 0 Å². The van der Waals surface area contributed by atoms with Crippen molar-refractivity contribution in [3.63, 3.8) is 0 Å². The van der Waals surface area contributed by atoms with Crippen molar-refractivity contribution in [1.29, 1.82) is 0 Å². The molecule has 1 rings (SSSR count). The van der Waals surface area contributed by atoms with Gasteiger partial charge in [-0.2, -0.15) is 0 Å². The first-order valence-corrected chi connectivity index (χ1v) is 3.82. The second-order valence-electron chi connectivity index (χ2n) is 2.63. The SMILES string of the molecule is CCC(O)(C=O)c1ccncc1. The number of carbonyl (C=O) groups excluding carboxylic acids is 1. The zero-order chi connectivity index (χ0) is 9.03. The van der Waals surface area contributed by atoms with Crippen LogP contribution in [-0.4, -0.2) is 16.4 Å². The fraction of sp³-hybridized carbons (Fsp3) is 0.333. The van der Waals surface area contributed by atoms with Gasteiger partial charge in [-0.25, -0.2) is 0 Å². The first-order chi connectivity index (χ1) is 5.73. The van der Waals surface area contributed by atoms with E-state index in [9.17, 15) is 9.90 Å². The van der Waals surface area contributed by atoms with E-state index in [1.165, 1.54) is 0 Å². The Morgan fingerprint density at radius 2 is 2.17 bits per heavy atom. The number of aldehydes is 1. The van der Waals surface area contributed by atoms with Crippen molar-refractivity contribution >= 4 is 6.29 Å². The van der Waals surface area contributed by atoms with Crippen molar-refractivity contribution in [3.8, 4) is 0 Å². The van der Waals surface area contributed by atoms with Crippen molar-refractivity contribution in [2.45, 2.75) is 18.9 Å². The van der Waals surface area contributed by atoms with Gasteiger partial charge in [0, 0.05) is 12.4 Å². The standard InChI is InChI=1S/C9H11NO2/c1-2-9(12,7-11)8-3-5-10-6-4-8/h3-7,12H,2H2,1H3. The molecule has 0 radical (unpaired) electrons. The third kappa shape index (κ3) is 1.51. The molecule has 0 aromatic carbocycles. The Balaban J connectivity index is 3.03. The molecule has 1 aromatic rings. The summed E-state index contributed by atoms with van der Waals surface area (Å²) in [6, 6.07) is 3.27. The summed E-state index contributed by atoms with van der Waals surface area (Å²) < 4.78 is 0. The van der Waals surface area contributed by atoms with Crippen molar-refractivity contribution in [2.75, 3.05) is 0 Å². The van der Waals surface area contributed by atoms with Gasteiger partial charge in [-0.3, -0.25) is 9.78 Å². The quantitative estimate of drug-likeness (QED) is 0.676. The molecular weight excluding hydrogens is 154 g/mol. The van der Waals surface area contributed by atoms with Crippen LogP contribution < -0.4 is 0 Å². The predicted molar refractivity (Wildman–Crippen MR) is 44.5 cm³/mol. The number of pyridine rings is 1. The molecule has 1 unspecified atom stereocenters. The highest BCUT2D eigenvalue weighted by Gasteiger charge is 2.25. The monoisotopic (exact) mass is 165 g/mol. The van der Waals surface area contributed by atoms with E-state index in [0.29, 0.717) is 18.3 Å². The van der Waals surface area contributed by atoms with E-state index < -0.39 is 5.60 Å². The minimum atomic E-state index is -1.34. The fourth-order valence-corrected chi connectivity index (χ4v) is 0.996. The Kier molecular flexibility index (Phi) is 2.55. The van der Waals surface area contributed by atoms with Gasteiger partial charge in [0.05, 0.1) is 0 Å². The van der Waals surface area contributed by atoms with Crippen LogP contribution in [0, 0.1) is 0 Å². The number of aliphatic hydroxyl groups is 1. The molecular formula is C9H11NO2. The molecule has 0 amide bonds. The van der Waals surface area contributed by atoms with E-state index >= 15 is 0 Å². The van der Waals surface area contributed by atoms with Gasteiger partial charge in [0.15, 0.2) is 6.29 Å². The summed E-state index contributed by atoms with van der Waals surface area (Å²) in [5.74, 6) is 0. The summed E-state index contributed by atoms with van der Waals surface area (Å²) in [6.45, 7) is 1.76. The van der Waals surface area contributed by atoms with Crippen LogP contribution in [0.1, 0.15) is 18.9 Å². The van der Waals surface area contributed by atoms with Crippen LogP contribution in [0.4, 0.5) is 0 Å². The average molecular weight is 165 g/mol. The summed E-state index contributed by atoms with van der Waals surface area (Å²) >= 11 is 0. The normalized spacial score (nSPS) is 15.2. The van der Waals surface area contributed by atoms with E-state index in [4.69, 9.17) is 0 Å².